The van der Waals surface area contributed by atoms with Crippen molar-refractivity contribution < 1.29 is 37.0 Å². The van der Waals surface area contributed by atoms with Crippen LogP contribution >= 0.6 is 0 Å². The van der Waals surface area contributed by atoms with E-state index < -0.39 is 36.4 Å². The lowest BCUT2D eigenvalue weighted by molar-refractivity contribution is -0.170. The Bertz CT molecular complexity index is 1050. The van der Waals surface area contributed by atoms with E-state index in [4.69, 9.17) is 4.74 Å². The maximum absolute atomic E-state index is 15.7. The number of carbonyl (C=O) groups excluding carboxylic acids is 3. The van der Waals surface area contributed by atoms with E-state index in [1.165, 1.54) is 4.90 Å². The van der Waals surface area contributed by atoms with Gasteiger partial charge < -0.3 is 19.7 Å². The van der Waals surface area contributed by atoms with Crippen LogP contribution in [0.1, 0.15) is 72.9 Å². The molecule has 202 valence electrons. The van der Waals surface area contributed by atoms with Crippen molar-refractivity contribution in [1.82, 2.24) is 15.5 Å². The van der Waals surface area contributed by atoms with Crippen molar-refractivity contribution >= 4 is 17.7 Å². The Morgan fingerprint density at radius 3 is 2.62 bits per heavy atom. The number of alkyl halides is 2. The molecule has 0 bridgehead atoms. The van der Waals surface area contributed by atoms with E-state index in [0.29, 0.717) is 31.4 Å². The summed E-state index contributed by atoms with van der Waals surface area (Å²) in [6.07, 6.45) is 4.34. The van der Waals surface area contributed by atoms with Crippen molar-refractivity contribution in [3.8, 4) is 0 Å². The molecule has 3 fully saturated rings. The summed E-state index contributed by atoms with van der Waals surface area (Å²) in [6.45, 7) is -2.19. The van der Waals surface area contributed by atoms with Gasteiger partial charge in [-0.3, -0.25) is 19.7 Å². The summed E-state index contributed by atoms with van der Waals surface area (Å²) in [5.74, 6) is -1.77. The molecule has 3 amide bonds. The fourth-order valence-corrected chi connectivity index (χ4v) is 6.07. The van der Waals surface area contributed by atoms with Crippen molar-refractivity contribution in [3.05, 3.63) is 34.6 Å². The Hall–Kier alpha value is -2.50. The van der Waals surface area contributed by atoms with Crippen LogP contribution in [0.25, 0.3) is 0 Å². The van der Waals surface area contributed by atoms with E-state index in [-0.39, 0.29) is 54.6 Å². The highest BCUT2D eigenvalue weighted by atomic mass is 19.3. The van der Waals surface area contributed by atoms with Gasteiger partial charge in [0.15, 0.2) is 0 Å². The number of piperidine rings is 1. The van der Waals surface area contributed by atoms with Crippen molar-refractivity contribution in [2.75, 3.05) is 6.61 Å². The number of fused-ring (bicyclic) bond motifs is 1. The first kappa shape index (κ1) is 26.1. The molecular weight excluding hydrogens is 491 g/mol. The van der Waals surface area contributed by atoms with Crippen LogP contribution in [0, 0.1) is 5.82 Å². The summed E-state index contributed by atoms with van der Waals surface area (Å²) in [5.41, 5.74) is 0.960. The lowest BCUT2D eigenvalue weighted by atomic mass is 9.89. The number of ether oxygens (including phenoxy) is 2. The molecule has 1 aromatic rings. The van der Waals surface area contributed by atoms with Gasteiger partial charge in [0.1, 0.15) is 11.9 Å². The molecule has 8 nitrogen and oxygen atoms in total. The largest absolute Gasteiger partial charge is 0.376 e. The first-order valence-corrected chi connectivity index (χ1v) is 13.1. The quantitative estimate of drug-likeness (QED) is 0.534. The highest BCUT2D eigenvalue weighted by molar-refractivity contribution is 6.05. The number of amides is 3. The molecule has 5 rings (SSSR count). The van der Waals surface area contributed by atoms with E-state index in [1.807, 2.05) is 0 Å². The number of halogens is 3. The Kier molecular flexibility index (Phi) is 7.83. The first-order valence-electron chi connectivity index (χ1n) is 13.1. The molecule has 11 heteroatoms. The third-order valence-corrected chi connectivity index (χ3v) is 8.01. The summed E-state index contributed by atoms with van der Waals surface area (Å²) in [6, 6.07) is 2.59. The predicted molar refractivity (Wildman–Crippen MR) is 125 cm³/mol. The van der Waals surface area contributed by atoms with Gasteiger partial charge in [-0.05, 0) is 56.6 Å². The SMILES string of the molecule is O=C1CCC(N2Cc3c(ccc(C[C@H]4OCCC[C@@H]4N[C@H]4CC[C@H](OC(F)F)CC4)c3F)C2=O)C(=O)N1. The van der Waals surface area contributed by atoms with Gasteiger partial charge in [0.05, 0.1) is 18.8 Å². The van der Waals surface area contributed by atoms with Gasteiger partial charge in [-0.15, -0.1) is 0 Å². The normalized spacial score (nSPS) is 30.5. The van der Waals surface area contributed by atoms with E-state index in [2.05, 4.69) is 15.4 Å². The molecular formula is C26H32F3N3O5. The van der Waals surface area contributed by atoms with Gasteiger partial charge in [0.2, 0.25) is 11.8 Å². The van der Waals surface area contributed by atoms with Gasteiger partial charge >= 0.3 is 6.61 Å². The Labute approximate surface area is 213 Å². The van der Waals surface area contributed by atoms with Gasteiger partial charge in [-0.1, -0.05) is 6.07 Å². The molecule has 1 aliphatic carbocycles. The molecule has 1 unspecified atom stereocenters. The summed E-state index contributed by atoms with van der Waals surface area (Å²) >= 11 is 0. The molecule has 0 radical (unpaired) electrons. The third-order valence-electron chi connectivity index (χ3n) is 8.01. The molecule has 0 aromatic heterocycles. The van der Waals surface area contributed by atoms with Crippen molar-refractivity contribution in [2.45, 2.75) is 101 Å². The molecule has 2 saturated heterocycles. The van der Waals surface area contributed by atoms with E-state index in [9.17, 15) is 23.2 Å². The number of benzene rings is 1. The van der Waals surface area contributed by atoms with Crippen LogP contribution in [0.2, 0.25) is 0 Å². The van der Waals surface area contributed by atoms with Gasteiger partial charge in [-0.25, -0.2) is 4.39 Å². The van der Waals surface area contributed by atoms with Crippen LogP contribution in [0.3, 0.4) is 0 Å². The smallest absolute Gasteiger partial charge is 0.345 e. The van der Waals surface area contributed by atoms with Crippen LogP contribution in [-0.2, 0) is 32.0 Å². The molecule has 0 spiro atoms. The minimum atomic E-state index is -2.75. The second kappa shape index (κ2) is 11.1. The highest BCUT2D eigenvalue weighted by Crippen LogP contribution is 2.32. The standard InChI is InChI=1S/C26H32F3N3O5/c27-23-14(3-8-17-18(23)13-32(25(17)35)20-9-10-22(33)31-24(20)34)12-21-19(2-1-11-36-21)30-15-4-6-16(7-5-15)37-26(28)29/h3,8,15-16,19-21,26,30H,1-2,4-7,9-13H2,(H,31,33,34)/t15-,16-,19-,20?,21+/m0/s1. The maximum Gasteiger partial charge on any atom is 0.345 e. The molecule has 1 aromatic carbocycles. The van der Waals surface area contributed by atoms with Crippen LogP contribution < -0.4 is 10.6 Å². The zero-order chi connectivity index (χ0) is 26.1. The number of rotatable bonds is 7. The average Bonchev–Trinajstić information content (AvgIpc) is 3.20. The fourth-order valence-electron chi connectivity index (χ4n) is 6.07. The molecule has 3 atom stereocenters. The molecule has 37 heavy (non-hydrogen) atoms. The summed E-state index contributed by atoms with van der Waals surface area (Å²) < 4.78 is 51.3. The third kappa shape index (κ3) is 5.68. The number of carbonyl (C=O) groups is 3. The summed E-state index contributed by atoms with van der Waals surface area (Å²) in [5, 5.41) is 5.87. The number of hydrogen-bond acceptors (Lipinski definition) is 6. The van der Waals surface area contributed by atoms with Crippen molar-refractivity contribution in [3.63, 3.8) is 0 Å². The second-order valence-corrected chi connectivity index (χ2v) is 10.4. The van der Waals surface area contributed by atoms with Crippen molar-refractivity contribution in [2.24, 2.45) is 0 Å². The van der Waals surface area contributed by atoms with Gasteiger partial charge in [0, 0.05) is 42.7 Å². The molecule has 2 N–H and O–H groups in total. The minimum Gasteiger partial charge on any atom is -0.376 e. The Morgan fingerprint density at radius 2 is 1.89 bits per heavy atom. The highest BCUT2D eigenvalue weighted by Gasteiger charge is 2.41. The Morgan fingerprint density at radius 1 is 1.11 bits per heavy atom. The number of nitrogens with one attached hydrogen (secondary N) is 2. The lowest BCUT2D eigenvalue weighted by Crippen LogP contribution is -2.52. The van der Waals surface area contributed by atoms with Crippen LogP contribution in [-0.4, -0.2) is 66.2 Å². The van der Waals surface area contributed by atoms with E-state index in [1.54, 1.807) is 12.1 Å². The number of imide groups is 1. The first-order chi connectivity index (χ1) is 17.8. The van der Waals surface area contributed by atoms with Gasteiger partial charge in [-0.2, -0.15) is 8.78 Å². The topological polar surface area (TPSA) is 97.0 Å². The number of nitrogens with zero attached hydrogens (tertiary/aromatic N) is 1. The van der Waals surface area contributed by atoms with Crippen LogP contribution in [0.15, 0.2) is 12.1 Å². The second-order valence-electron chi connectivity index (χ2n) is 10.4. The van der Waals surface area contributed by atoms with E-state index >= 15 is 4.39 Å². The zero-order valence-corrected chi connectivity index (χ0v) is 20.5. The van der Waals surface area contributed by atoms with Gasteiger partial charge in [0.25, 0.3) is 5.91 Å². The zero-order valence-electron chi connectivity index (χ0n) is 20.5. The maximum atomic E-state index is 15.7. The van der Waals surface area contributed by atoms with Crippen LogP contribution in [0.4, 0.5) is 13.2 Å². The lowest BCUT2D eigenvalue weighted by Gasteiger charge is -2.37. The number of hydrogen-bond donors (Lipinski definition) is 2. The summed E-state index contributed by atoms with van der Waals surface area (Å²) in [7, 11) is 0. The van der Waals surface area contributed by atoms with E-state index in [0.717, 1.165) is 25.7 Å². The molecule has 3 aliphatic heterocycles. The Balaban J connectivity index is 1.23. The molecule has 3 heterocycles. The van der Waals surface area contributed by atoms with Crippen LogP contribution in [0.5, 0.6) is 0 Å². The summed E-state index contributed by atoms with van der Waals surface area (Å²) in [4.78, 5) is 38.0. The molecule has 1 saturated carbocycles. The van der Waals surface area contributed by atoms with Crippen molar-refractivity contribution in [1.29, 1.82) is 0 Å². The molecule has 4 aliphatic rings. The monoisotopic (exact) mass is 523 g/mol. The fraction of sp³-hybridized carbons (Fsp3) is 0.654. The average molecular weight is 524 g/mol. The predicted octanol–water partition coefficient (Wildman–Crippen LogP) is 2.82. The minimum absolute atomic E-state index is 0.000531.